The van der Waals surface area contributed by atoms with E-state index in [1.54, 1.807) is 12.1 Å². The molecule has 0 spiro atoms. The molecule has 0 bridgehead atoms. The number of phenols is 1. The zero-order chi connectivity index (χ0) is 14.2. The molecule has 0 saturated heterocycles. The number of amides is 1. The van der Waals surface area contributed by atoms with Crippen LogP contribution in [0.15, 0.2) is 18.2 Å². The lowest BCUT2D eigenvalue weighted by atomic mass is 9.81. The van der Waals surface area contributed by atoms with Gasteiger partial charge in [-0.15, -0.1) is 12.4 Å². The van der Waals surface area contributed by atoms with Crippen LogP contribution in [-0.2, 0) is 17.8 Å². The second-order valence-electron chi connectivity index (χ2n) is 6.15. The maximum absolute atomic E-state index is 12.7. The molecule has 1 amide bonds. The molecular formula is C16H23ClN2O2. The summed E-state index contributed by atoms with van der Waals surface area (Å²) >= 11 is 0. The highest BCUT2D eigenvalue weighted by Gasteiger charge is 2.39. The first kappa shape index (κ1) is 16.1. The van der Waals surface area contributed by atoms with Gasteiger partial charge in [0.05, 0.1) is 5.54 Å². The molecule has 3 N–H and O–H groups in total. The Bertz CT molecular complexity index is 527. The van der Waals surface area contributed by atoms with Crippen LogP contribution in [0.4, 0.5) is 0 Å². The van der Waals surface area contributed by atoms with Crippen molar-refractivity contribution in [3.05, 3.63) is 29.3 Å². The summed E-state index contributed by atoms with van der Waals surface area (Å²) in [6, 6.07) is 5.42. The van der Waals surface area contributed by atoms with Crippen molar-refractivity contribution in [2.75, 3.05) is 6.54 Å². The van der Waals surface area contributed by atoms with Gasteiger partial charge in [-0.05, 0) is 42.5 Å². The van der Waals surface area contributed by atoms with Gasteiger partial charge in [-0.25, -0.2) is 0 Å². The third-order valence-corrected chi connectivity index (χ3v) is 4.66. The van der Waals surface area contributed by atoms with Crippen molar-refractivity contribution in [2.45, 2.75) is 50.6 Å². The van der Waals surface area contributed by atoms with Gasteiger partial charge in [-0.2, -0.15) is 0 Å². The summed E-state index contributed by atoms with van der Waals surface area (Å²) in [4.78, 5) is 14.6. The molecule has 2 aliphatic rings. The fraction of sp³-hybridized carbons (Fsp3) is 0.562. The van der Waals surface area contributed by atoms with Crippen molar-refractivity contribution in [2.24, 2.45) is 5.73 Å². The van der Waals surface area contributed by atoms with Crippen molar-refractivity contribution < 1.29 is 9.90 Å². The molecular weight excluding hydrogens is 288 g/mol. The number of phenolic OH excluding ortho intramolecular Hbond substituents is 1. The third-order valence-electron chi connectivity index (χ3n) is 4.66. The molecule has 116 valence electrons. The van der Waals surface area contributed by atoms with Crippen LogP contribution in [0.1, 0.15) is 43.2 Å². The molecule has 0 aromatic heterocycles. The van der Waals surface area contributed by atoms with Crippen LogP contribution in [0.2, 0.25) is 0 Å². The lowest BCUT2D eigenvalue weighted by Gasteiger charge is -2.39. The molecule has 1 fully saturated rings. The summed E-state index contributed by atoms with van der Waals surface area (Å²) < 4.78 is 0. The highest BCUT2D eigenvalue weighted by Crippen LogP contribution is 2.30. The second kappa shape index (κ2) is 6.24. The third kappa shape index (κ3) is 3.16. The van der Waals surface area contributed by atoms with Crippen molar-refractivity contribution >= 4 is 18.3 Å². The molecule has 1 saturated carbocycles. The maximum atomic E-state index is 12.7. The van der Waals surface area contributed by atoms with Gasteiger partial charge in [0.2, 0.25) is 5.91 Å². The highest BCUT2D eigenvalue weighted by atomic mass is 35.5. The highest BCUT2D eigenvalue weighted by molar-refractivity contribution is 5.86. The lowest BCUT2D eigenvalue weighted by Crippen LogP contribution is -2.57. The van der Waals surface area contributed by atoms with Gasteiger partial charge in [0.15, 0.2) is 0 Å². The van der Waals surface area contributed by atoms with Crippen LogP contribution in [-0.4, -0.2) is 28.0 Å². The molecule has 0 radical (unpaired) electrons. The standard InChI is InChI=1S/C16H22N2O2.ClH/c17-16(7-2-1-3-8-16)15(20)18-9-6-12-4-5-14(19)10-13(12)11-18;/h4-5,10,19H,1-3,6-9,11,17H2;1H. The molecule has 0 unspecified atom stereocenters. The fourth-order valence-electron chi connectivity index (χ4n) is 3.43. The van der Waals surface area contributed by atoms with E-state index in [0.29, 0.717) is 6.54 Å². The average molecular weight is 311 g/mol. The summed E-state index contributed by atoms with van der Waals surface area (Å²) in [5.74, 6) is 0.351. The zero-order valence-electron chi connectivity index (χ0n) is 12.2. The van der Waals surface area contributed by atoms with Crippen LogP contribution >= 0.6 is 12.4 Å². The largest absolute Gasteiger partial charge is 0.508 e. The number of carbonyl (C=O) groups is 1. The number of aromatic hydroxyl groups is 1. The topological polar surface area (TPSA) is 66.6 Å². The van der Waals surface area contributed by atoms with Crippen molar-refractivity contribution in [1.29, 1.82) is 0 Å². The molecule has 1 aliphatic heterocycles. The minimum atomic E-state index is -0.660. The van der Waals surface area contributed by atoms with Gasteiger partial charge in [0.1, 0.15) is 5.75 Å². The Morgan fingerprint density at radius 1 is 1.19 bits per heavy atom. The van der Waals surface area contributed by atoms with Gasteiger partial charge in [-0.1, -0.05) is 25.3 Å². The number of carbonyl (C=O) groups excluding carboxylic acids is 1. The van der Waals surface area contributed by atoms with Gasteiger partial charge >= 0.3 is 0 Å². The monoisotopic (exact) mass is 310 g/mol. The molecule has 4 nitrogen and oxygen atoms in total. The Balaban J connectivity index is 0.00000161. The van der Waals surface area contributed by atoms with Gasteiger partial charge in [-0.3, -0.25) is 4.79 Å². The first-order valence-electron chi connectivity index (χ1n) is 7.47. The normalized spacial score (nSPS) is 20.3. The smallest absolute Gasteiger partial charge is 0.242 e. The number of nitrogens with two attached hydrogens (primary N) is 1. The first-order valence-corrected chi connectivity index (χ1v) is 7.47. The molecule has 5 heteroatoms. The maximum Gasteiger partial charge on any atom is 0.242 e. The number of rotatable bonds is 1. The van der Waals surface area contributed by atoms with Crippen molar-refractivity contribution in [3.8, 4) is 5.75 Å². The molecule has 1 aromatic carbocycles. The van der Waals surface area contributed by atoms with E-state index in [-0.39, 0.29) is 24.1 Å². The number of hydrogen-bond donors (Lipinski definition) is 2. The van der Waals surface area contributed by atoms with E-state index in [2.05, 4.69) is 0 Å². The van der Waals surface area contributed by atoms with Gasteiger partial charge in [0, 0.05) is 13.1 Å². The Kier molecular flexibility index (Phi) is 4.79. The number of benzene rings is 1. The van der Waals surface area contributed by atoms with E-state index in [0.717, 1.165) is 44.2 Å². The predicted octanol–water partition coefficient (Wildman–Crippen LogP) is 2.36. The van der Waals surface area contributed by atoms with E-state index in [1.807, 2.05) is 11.0 Å². The van der Waals surface area contributed by atoms with E-state index in [1.165, 1.54) is 12.0 Å². The molecule has 1 heterocycles. The molecule has 21 heavy (non-hydrogen) atoms. The minimum absolute atomic E-state index is 0. The summed E-state index contributed by atoms with van der Waals surface area (Å²) in [6.45, 7) is 1.30. The molecule has 0 atom stereocenters. The predicted molar refractivity (Wildman–Crippen MR) is 84.5 cm³/mol. The van der Waals surface area contributed by atoms with E-state index in [4.69, 9.17) is 5.73 Å². The van der Waals surface area contributed by atoms with Crippen molar-refractivity contribution in [3.63, 3.8) is 0 Å². The first-order chi connectivity index (χ1) is 9.58. The van der Waals surface area contributed by atoms with E-state index in [9.17, 15) is 9.90 Å². The zero-order valence-corrected chi connectivity index (χ0v) is 13.0. The summed E-state index contributed by atoms with van der Waals surface area (Å²) in [5, 5.41) is 9.58. The van der Waals surface area contributed by atoms with Crippen molar-refractivity contribution in [1.82, 2.24) is 4.90 Å². The summed E-state index contributed by atoms with van der Waals surface area (Å²) in [6.07, 6.45) is 5.73. The minimum Gasteiger partial charge on any atom is -0.508 e. The Morgan fingerprint density at radius 2 is 1.90 bits per heavy atom. The summed E-state index contributed by atoms with van der Waals surface area (Å²) in [5.41, 5.74) is 7.95. The number of nitrogens with zero attached hydrogens (tertiary/aromatic N) is 1. The van der Waals surface area contributed by atoms with Crippen LogP contribution in [0.25, 0.3) is 0 Å². The van der Waals surface area contributed by atoms with Crippen LogP contribution in [0.3, 0.4) is 0 Å². The number of fused-ring (bicyclic) bond motifs is 1. The van der Waals surface area contributed by atoms with E-state index < -0.39 is 5.54 Å². The number of hydrogen-bond acceptors (Lipinski definition) is 3. The second-order valence-corrected chi connectivity index (χ2v) is 6.15. The Hall–Kier alpha value is -1.26. The lowest BCUT2D eigenvalue weighted by molar-refractivity contribution is -0.139. The number of halogens is 1. The quantitative estimate of drug-likeness (QED) is 0.837. The molecule has 3 rings (SSSR count). The van der Waals surface area contributed by atoms with Crippen LogP contribution in [0, 0.1) is 0 Å². The molecule has 1 aromatic rings. The van der Waals surface area contributed by atoms with Crippen LogP contribution < -0.4 is 5.73 Å². The SMILES string of the molecule is Cl.NC1(C(=O)N2CCc3ccc(O)cc3C2)CCCCC1. The van der Waals surface area contributed by atoms with Crippen LogP contribution in [0.5, 0.6) is 5.75 Å². The fourth-order valence-corrected chi connectivity index (χ4v) is 3.43. The van der Waals surface area contributed by atoms with Gasteiger partial charge in [0.25, 0.3) is 0 Å². The Labute approximate surface area is 131 Å². The average Bonchev–Trinajstić information content (AvgIpc) is 2.46. The van der Waals surface area contributed by atoms with E-state index >= 15 is 0 Å². The van der Waals surface area contributed by atoms with Gasteiger partial charge < -0.3 is 15.7 Å². The summed E-state index contributed by atoms with van der Waals surface area (Å²) in [7, 11) is 0. The Morgan fingerprint density at radius 3 is 2.62 bits per heavy atom. The molecule has 1 aliphatic carbocycles.